The summed E-state index contributed by atoms with van der Waals surface area (Å²) >= 11 is 12.8. The van der Waals surface area contributed by atoms with Crippen molar-refractivity contribution in [1.82, 2.24) is 4.98 Å². The number of carbonyl (C=O) groups is 1. The number of fused-ring (bicyclic) bond motifs is 2. The number of hydrogen-bond donors (Lipinski definition) is 0. The van der Waals surface area contributed by atoms with Gasteiger partial charge in [0.05, 0.1) is 22.7 Å². The monoisotopic (exact) mass is 400 g/mol. The third-order valence-corrected chi connectivity index (χ3v) is 5.44. The zero-order valence-corrected chi connectivity index (χ0v) is 16.3. The molecular weight excluding hydrogens is 383 g/mol. The number of esters is 1. The van der Waals surface area contributed by atoms with Gasteiger partial charge in [0.15, 0.2) is 0 Å². The molecule has 138 valence electrons. The lowest BCUT2D eigenvalue weighted by Crippen LogP contribution is -2.31. The lowest BCUT2D eigenvalue weighted by Gasteiger charge is -2.31. The molecule has 2 heterocycles. The largest absolute Gasteiger partial charge is 0.462 e. The van der Waals surface area contributed by atoms with E-state index in [0.29, 0.717) is 23.7 Å². The van der Waals surface area contributed by atoms with Gasteiger partial charge < -0.3 is 9.64 Å². The molecule has 27 heavy (non-hydrogen) atoms. The number of nitrogens with zero attached hydrogens (tertiary/aromatic N) is 2. The van der Waals surface area contributed by atoms with E-state index in [9.17, 15) is 4.79 Å². The van der Waals surface area contributed by atoms with Crippen LogP contribution >= 0.6 is 23.2 Å². The highest BCUT2D eigenvalue weighted by atomic mass is 35.5. The molecule has 0 radical (unpaired) electrons. The van der Waals surface area contributed by atoms with Crippen LogP contribution in [0, 0.1) is 0 Å². The van der Waals surface area contributed by atoms with Crippen molar-refractivity contribution in [3.05, 3.63) is 69.3 Å². The summed E-state index contributed by atoms with van der Waals surface area (Å²) in [6.45, 7) is 3.68. The van der Waals surface area contributed by atoms with Gasteiger partial charge in [-0.15, -0.1) is 0 Å². The molecule has 1 aliphatic rings. The number of ether oxygens (including phenoxy) is 1. The first kappa shape index (κ1) is 18.1. The molecule has 0 amide bonds. The zero-order valence-electron chi connectivity index (χ0n) is 14.8. The van der Waals surface area contributed by atoms with Crippen LogP contribution in [0.25, 0.3) is 10.9 Å². The van der Waals surface area contributed by atoms with E-state index in [0.717, 1.165) is 45.8 Å². The molecule has 3 aromatic rings. The Kier molecular flexibility index (Phi) is 4.94. The Morgan fingerprint density at radius 1 is 1.19 bits per heavy atom. The second-order valence-electron chi connectivity index (χ2n) is 6.45. The Morgan fingerprint density at radius 3 is 2.70 bits per heavy atom. The Bertz CT molecular complexity index is 1020. The number of carbonyl (C=O) groups excluding carboxylic acids is 1. The van der Waals surface area contributed by atoms with E-state index in [2.05, 4.69) is 4.90 Å². The van der Waals surface area contributed by atoms with E-state index in [-0.39, 0.29) is 5.97 Å². The molecule has 0 unspecified atom stereocenters. The number of rotatable bonds is 3. The summed E-state index contributed by atoms with van der Waals surface area (Å²) in [5, 5.41) is 2.31. The van der Waals surface area contributed by atoms with Crippen LogP contribution in [0.1, 0.15) is 28.5 Å². The molecule has 0 bridgehead atoms. The predicted molar refractivity (Wildman–Crippen MR) is 109 cm³/mol. The van der Waals surface area contributed by atoms with Crippen molar-refractivity contribution >= 4 is 45.8 Å². The third kappa shape index (κ3) is 3.47. The molecule has 0 saturated carbocycles. The van der Waals surface area contributed by atoms with Gasteiger partial charge in [0.2, 0.25) is 0 Å². The van der Waals surface area contributed by atoms with Crippen molar-refractivity contribution in [3.63, 3.8) is 0 Å². The number of anilines is 1. The normalized spacial score (nSPS) is 13.5. The van der Waals surface area contributed by atoms with Crippen LogP contribution in [0.15, 0.2) is 42.5 Å². The van der Waals surface area contributed by atoms with Gasteiger partial charge in [-0.1, -0.05) is 23.2 Å². The number of benzene rings is 2. The Balaban J connectivity index is 1.63. The molecule has 4 rings (SSSR count). The molecule has 4 nitrogen and oxygen atoms in total. The molecule has 2 aromatic carbocycles. The van der Waals surface area contributed by atoms with Gasteiger partial charge in [0.25, 0.3) is 0 Å². The fourth-order valence-electron chi connectivity index (χ4n) is 3.41. The SMILES string of the molecule is CCOC(=O)c1ccc(N2CCc3nc4cc(Cl)ccc4c(Cl)c3C2)cc1. The molecule has 0 saturated heterocycles. The summed E-state index contributed by atoms with van der Waals surface area (Å²) in [7, 11) is 0. The molecule has 0 aliphatic carbocycles. The summed E-state index contributed by atoms with van der Waals surface area (Å²) in [6.07, 6.45) is 0.803. The maximum absolute atomic E-state index is 11.8. The van der Waals surface area contributed by atoms with E-state index < -0.39 is 0 Å². The number of pyridine rings is 1. The van der Waals surface area contributed by atoms with Gasteiger partial charge in [0, 0.05) is 46.9 Å². The van der Waals surface area contributed by atoms with Crippen LogP contribution in [-0.4, -0.2) is 24.1 Å². The minimum Gasteiger partial charge on any atom is -0.462 e. The quantitative estimate of drug-likeness (QED) is 0.560. The smallest absolute Gasteiger partial charge is 0.338 e. The van der Waals surface area contributed by atoms with Crippen molar-refractivity contribution < 1.29 is 9.53 Å². The summed E-state index contributed by atoms with van der Waals surface area (Å²) in [4.78, 5) is 18.8. The van der Waals surface area contributed by atoms with Gasteiger partial charge in [-0.25, -0.2) is 4.79 Å². The van der Waals surface area contributed by atoms with E-state index in [1.807, 2.05) is 30.3 Å². The van der Waals surface area contributed by atoms with Crippen LogP contribution in [0.5, 0.6) is 0 Å². The first-order valence-electron chi connectivity index (χ1n) is 8.85. The van der Waals surface area contributed by atoms with E-state index in [1.54, 1.807) is 19.1 Å². The van der Waals surface area contributed by atoms with Crippen molar-refractivity contribution in [2.24, 2.45) is 0 Å². The van der Waals surface area contributed by atoms with Crippen LogP contribution < -0.4 is 4.90 Å². The zero-order chi connectivity index (χ0) is 19.0. The van der Waals surface area contributed by atoms with E-state index in [4.69, 9.17) is 32.9 Å². The topological polar surface area (TPSA) is 42.4 Å². The highest BCUT2D eigenvalue weighted by Gasteiger charge is 2.22. The molecule has 0 fully saturated rings. The molecule has 0 N–H and O–H groups in total. The van der Waals surface area contributed by atoms with Crippen molar-refractivity contribution in [3.8, 4) is 0 Å². The summed E-state index contributed by atoms with van der Waals surface area (Å²) < 4.78 is 5.04. The average molecular weight is 401 g/mol. The standard InChI is InChI=1S/C21H18Cl2N2O2/c1-2-27-21(26)13-3-6-15(7-4-13)25-10-9-18-17(12-25)20(23)16-8-5-14(22)11-19(16)24-18/h3-8,11H,2,9-10,12H2,1H3. The summed E-state index contributed by atoms with van der Waals surface area (Å²) in [5.41, 5.74) is 4.50. The van der Waals surface area contributed by atoms with Gasteiger partial charge in [-0.3, -0.25) is 4.98 Å². The highest BCUT2D eigenvalue weighted by Crippen LogP contribution is 2.34. The Labute approximate surface area is 167 Å². The number of halogens is 2. The van der Waals surface area contributed by atoms with Gasteiger partial charge in [-0.05, 0) is 49.4 Å². The fraction of sp³-hybridized carbons (Fsp3) is 0.238. The van der Waals surface area contributed by atoms with Crippen molar-refractivity contribution in [2.75, 3.05) is 18.1 Å². The van der Waals surface area contributed by atoms with Crippen molar-refractivity contribution in [1.29, 1.82) is 0 Å². The van der Waals surface area contributed by atoms with Crippen LogP contribution in [0.3, 0.4) is 0 Å². The van der Waals surface area contributed by atoms with Gasteiger partial charge in [0.1, 0.15) is 0 Å². The van der Waals surface area contributed by atoms with Crippen LogP contribution in [0.4, 0.5) is 5.69 Å². The van der Waals surface area contributed by atoms with E-state index in [1.165, 1.54) is 0 Å². The number of hydrogen-bond acceptors (Lipinski definition) is 4. The number of aromatic nitrogens is 1. The second kappa shape index (κ2) is 7.37. The molecule has 1 aliphatic heterocycles. The molecular formula is C21H18Cl2N2O2. The van der Waals surface area contributed by atoms with Crippen molar-refractivity contribution in [2.45, 2.75) is 19.9 Å². The first-order valence-corrected chi connectivity index (χ1v) is 9.61. The van der Waals surface area contributed by atoms with Gasteiger partial charge in [-0.2, -0.15) is 0 Å². The molecule has 0 spiro atoms. The predicted octanol–water partition coefficient (Wildman–Crippen LogP) is 5.28. The van der Waals surface area contributed by atoms with Crippen LogP contribution in [0.2, 0.25) is 10.0 Å². The summed E-state index contributed by atoms with van der Waals surface area (Å²) in [5.74, 6) is -0.301. The summed E-state index contributed by atoms with van der Waals surface area (Å²) in [6, 6.07) is 13.1. The second-order valence-corrected chi connectivity index (χ2v) is 7.27. The molecule has 0 atom stereocenters. The molecule has 6 heteroatoms. The maximum Gasteiger partial charge on any atom is 0.338 e. The minimum absolute atomic E-state index is 0.301. The Hall–Kier alpha value is -2.30. The highest BCUT2D eigenvalue weighted by molar-refractivity contribution is 6.37. The third-order valence-electron chi connectivity index (χ3n) is 4.78. The van der Waals surface area contributed by atoms with Gasteiger partial charge >= 0.3 is 5.97 Å². The van der Waals surface area contributed by atoms with Crippen LogP contribution in [-0.2, 0) is 17.7 Å². The maximum atomic E-state index is 11.8. The average Bonchev–Trinajstić information content (AvgIpc) is 2.68. The van der Waals surface area contributed by atoms with E-state index >= 15 is 0 Å². The lowest BCUT2D eigenvalue weighted by molar-refractivity contribution is 0.0526. The minimum atomic E-state index is -0.301. The molecule has 1 aromatic heterocycles. The fourth-order valence-corrected chi connectivity index (χ4v) is 3.90. The Morgan fingerprint density at radius 2 is 1.96 bits per heavy atom. The first-order chi connectivity index (χ1) is 13.1. The lowest BCUT2D eigenvalue weighted by atomic mass is 10.0.